The first-order chi connectivity index (χ1) is 8.93. The van der Waals surface area contributed by atoms with Crippen LogP contribution in [0.5, 0.6) is 5.75 Å². The lowest BCUT2D eigenvalue weighted by molar-refractivity contribution is -0.107. The van der Waals surface area contributed by atoms with E-state index in [0.717, 1.165) is 24.3 Å². The zero-order valence-corrected chi connectivity index (χ0v) is 12.8. The van der Waals surface area contributed by atoms with Crippen LogP contribution in [0.1, 0.15) is 34.1 Å². The van der Waals surface area contributed by atoms with E-state index in [4.69, 9.17) is 16.3 Å². The Morgan fingerprint density at radius 1 is 1.32 bits per heavy atom. The third-order valence-electron chi connectivity index (χ3n) is 2.67. The van der Waals surface area contributed by atoms with Crippen LogP contribution in [0.4, 0.5) is 5.69 Å². The second kappa shape index (κ2) is 7.39. The van der Waals surface area contributed by atoms with Gasteiger partial charge in [0.05, 0.1) is 16.8 Å². The topological polar surface area (TPSA) is 29.5 Å². The van der Waals surface area contributed by atoms with Gasteiger partial charge in [0.15, 0.2) is 0 Å². The van der Waals surface area contributed by atoms with Crippen molar-refractivity contribution in [3.63, 3.8) is 0 Å². The molecule has 0 atom stereocenters. The lowest BCUT2D eigenvalue weighted by Gasteiger charge is -2.20. The van der Waals surface area contributed by atoms with E-state index in [1.54, 1.807) is 11.0 Å². The minimum absolute atomic E-state index is 0.102. The third kappa shape index (κ3) is 5.11. The second-order valence-electron chi connectivity index (χ2n) is 5.26. The molecule has 0 radical (unpaired) electrons. The lowest BCUT2D eigenvalue weighted by Crippen LogP contribution is -2.23. The van der Waals surface area contributed by atoms with Gasteiger partial charge in [-0.05, 0) is 38.3 Å². The van der Waals surface area contributed by atoms with Crippen LogP contribution in [0.25, 0.3) is 0 Å². The number of anilines is 1. The van der Waals surface area contributed by atoms with Crippen LogP contribution in [0.15, 0.2) is 18.2 Å². The first-order valence-corrected chi connectivity index (χ1v) is 7.00. The maximum absolute atomic E-state index is 11.2. The van der Waals surface area contributed by atoms with Gasteiger partial charge in [-0.25, -0.2) is 0 Å². The Bertz CT molecular complexity index is 419. The molecule has 0 unspecified atom stereocenters. The van der Waals surface area contributed by atoms with Gasteiger partial charge in [0, 0.05) is 12.6 Å². The van der Waals surface area contributed by atoms with E-state index in [-0.39, 0.29) is 6.10 Å². The molecule has 1 aromatic rings. The highest BCUT2D eigenvalue weighted by Gasteiger charge is 2.11. The van der Waals surface area contributed by atoms with Crippen LogP contribution in [0.2, 0.25) is 5.02 Å². The fourth-order valence-electron chi connectivity index (χ4n) is 1.69. The van der Waals surface area contributed by atoms with Gasteiger partial charge in [0.2, 0.25) is 6.41 Å². The molecule has 19 heavy (non-hydrogen) atoms. The van der Waals surface area contributed by atoms with Crippen molar-refractivity contribution in [2.24, 2.45) is 5.92 Å². The first kappa shape index (κ1) is 15.8. The van der Waals surface area contributed by atoms with E-state index < -0.39 is 0 Å². The minimum atomic E-state index is 0.102. The first-order valence-electron chi connectivity index (χ1n) is 6.62. The number of ether oxygens (including phenoxy) is 1. The van der Waals surface area contributed by atoms with Gasteiger partial charge in [-0.1, -0.05) is 25.4 Å². The summed E-state index contributed by atoms with van der Waals surface area (Å²) in [4.78, 5) is 12.8. The Balaban J connectivity index is 2.83. The van der Waals surface area contributed by atoms with Crippen LogP contribution in [0.3, 0.4) is 0 Å². The minimum Gasteiger partial charge on any atom is -0.491 e. The number of amides is 1. The molecule has 0 aromatic heterocycles. The van der Waals surface area contributed by atoms with E-state index in [1.165, 1.54) is 0 Å². The van der Waals surface area contributed by atoms with E-state index >= 15 is 0 Å². The molecule has 0 fully saturated rings. The van der Waals surface area contributed by atoms with Gasteiger partial charge in [-0.15, -0.1) is 0 Å². The van der Waals surface area contributed by atoms with Crippen LogP contribution >= 0.6 is 11.6 Å². The van der Waals surface area contributed by atoms with Crippen molar-refractivity contribution in [1.82, 2.24) is 0 Å². The lowest BCUT2D eigenvalue weighted by atomic mass is 10.1. The number of rotatable bonds is 7. The van der Waals surface area contributed by atoms with E-state index in [0.29, 0.717) is 17.5 Å². The van der Waals surface area contributed by atoms with Gasteiger partial charge in [-0.2, -0.15) is 0 Å². The second-order valence-corrected chi connectivity index (χ2v) is 5.67. The maximum atomic E-state index is 11.2. The van der Waals surface area contributed by atoms with Crippen molar-refractivity contribution in [2.75, 3.05) is 11.4 Å². The number of nitrogens with zero attached hydrogens (tertiary/aromatic N) is 1. The molecule has 0 saturated carbocycles. The highest BCUT2D eigenvalue weighted by molar-refractivity contribution is 6.33. The average Bonchev–Trinajstić information content (AvgIpc) is 2.31. The molecule has 3 nitrogen and oxygen atoms in total. The predicted molar refractivity (Wildman–Crippen MR) is 80.1 cm³/mol. The van der Waals surface area contributed by atoms with E-state index in [9.17, 15) is 4.79 Å². The van der Waals surface area contributed by atoms with E-state index in [1.807, 2.05) is 26.0 Å². The van der Waals surface area contributed by atoms with Gasteiger partial charge in [-0.3, -0.25) is 4.79 Å². The molecule has 106 valence electrons. The van der Waals surface area contributed by atoms with Crippen LogP contribution in [0, 0.1) is 5.92 Å². The van der Waals surface area contributed by atoms with Crippen molar-refractivity contribution in [1.29, 1.82) is 0 Å². The molecule has 0 saturated heterocycles. The standard InChI is InChI=1S/C15H22ClNO2/c1-11(2)7-8-17(10-18)15-6-5-13(9-14(15)16)19-12(3)4/h5-6,9-12H,7-8H2,1-4H3. The fourth-order valence-corrected chi connectivity index (χ4v) is 1.97. The summed E-state index contributed by atoms with van der Waals surface area (Å²) < 4.78 is 5.57. The number of carbonyl (C=O) groups excluding carboxylic acids is 1. The zero-order valence-electron chi connectivity index (χ0n) is 12.0. The van der Waals surface area contributed by atoms with Crippen LogP contribution < -0.4 is 9.64 Å². The molecule has 1 rings (SSSR count). The summed E-state index contributed by atoms with van der Waals surface area (Å²) in [6.45, 7) is 8.85. The molecule has 0 aliphatic heterocycles. The van der Waals surface area contributed by atoms with Crippen molar-refractivity contribution in [2.45, 2.75) is 40.2 Å². The summed E-state index contributed by atoms with van der Waals surface area (Å²) in [5.41, 5.74) is 0.730. The highest BCUT2D eigenvalue weighted by atomic mass is 35.5. The summed E-state index contributed by atoms with van der Waals surface area (Å²) in [5, 5.41) is 0.536. The third-order valence-corrected chi connectivity index (χ3v) is 2.98. The van der Waals surface area contributed by atoms with Gasteiger partial charge in [0.1, 0.15) is 5.75 Å². The van der Waals surface area contributed by atoms with Gasteiger partial charge >= 0.3 is 0 Å². The van der Waals surface area contributed by atoms with Crippen molar-refractivity contribution in [3.8, 4) is 5.75 Å². The predicted octanol–water partition coefficient (Wildman–Crippen LogP) is 4.14. The summed E-state index contributed by atoms with van der Waals surface area (Å²) in [6.07, 6.45) is 1.87. The average molecular weight is 284 g/mol. The number of benzene rings is 1. The van der Waals surface area contributed by atoms with Crippen LogP contribution in [-0.4, -0.2) is 19.1 Å². The number of hydrogen-bond donors (Lipinski definition) is 0. The largest absolute Gasteiger partial charge is 0.491 e. The molecule has 1 amide bonds. The quantitative estimate of drug-likeness (QED) is 0.704. The van der Waals surface area contributed by atoms with Crippen molar-refractivity contribution < 1.29 is 9.53 Å². The molecule has 0 bridgehead atoms. The van der Waals surface area contributed by atoms with Crippen molar-refractivity contribution in [3.05, 3.63) is 23.2 Å². The molecule has 1 aromatic carbocycles. The molecular weight excluding hydrogens is 262 g/mol. The van der Waals surface area contributed by atoms with Crippen LogP contribution in [-0.2, 0) is 4.79 Å². The summed E-state index contributed by atoms with van der Waals surface area (Å²) in [7, 11) is 0. The van der Waals surface area contributed by atoms with E-state index in [2.05, 4.69) is 13.8 Å². The number of carbonyl (C=O) groups is 1. The molecule has 0 spiro atoms. The Kier molecular flexibility index (Phi) is 6.16. The zero-order chi connectivity index (χ0) is 14.4. The molecule has 0 N–H and O–H groups in total. The smallest absolute Gasteiger partial charge is 0.214 e. The number of hydrogen-bond acceptors (Lipinski definition) is 2. The molecule has 0 heterocycles. The highest BCUT2D eigenvalue weighted by Crippen LogP contribution is 2.30. The Hall–Kier alpha value is -1.22. The summed E-state index contributed by atoms with van der Waals surface area (Å²) in [5.74, 6) is 1.27. The molecular formula is C15H22ClNO2. The SMILES string of the molecule is CC(C)CCN(C=O)c1ccc(OC(C)C)cc1Cl. The maximum Gasteiger partial charge on any atom is 0.214 e. The molecule has 0 aliphatic carbocycles. The number of halogens is 1. The Morgan fingerprint density at radius 3 is 2.47 bits per heavy atom. The monoisotopic (exact) mass is 283 g/mol. The van der Waals surface area contributed by atoms with Gasteiger partial charge in [0.25, 0.3) is 0 Å². The van der Waals surface area contributed by atoms with Crippen molar-refractivity contribution >= 4 is 23.7 Å². The molecule has 4 heteroatoms. The summed E-state index contributed by atoms with van der Waals surface area (Å²) in [6, 6.07) is 5.42. The summed E-state index contributed by atoms with van der Waals surface area (Å²) >= 11 is 6.22. The Morgan fingerprint density at radius 2 is 2.00 bits per heavy atom. The fraction of sp³-hybridized carbons (Fsp3) is 0.533. The Labute approximate surface area is 120 Å². The molecule has 0 aliphatic rings. The normalized spacial score (nSPS) is 10.9. The van der Waals surface area contributed by atoms with Gasteiger partial charge < -0.3 is 9.64 Å².